The number of methoxy groups -OCH3 is 1. The molecule has 0 fully saturated rings. The first-order valence-electron chi connectivity index (χ1n) is 4.42. The third kappa shape index (κ3) is 1.27. The van der Waals surface area contributed by atoms with Crippen molar-refractivity contribution in [2.24, 2.45) is 0 Å². The van der Waals surface area contributed by atoms with Crippen LogP contribution in [0.1, 0.15) is 5.69 Å². The van der Waals surface area contributed by atoms with Gasteiger partial charge in [-0.05, 0) is 19.1 Å². The zero-order valence-electron chi connectivity index (χ0n) is 8.24. The minimum Gasteiger partial charge on any atom is -0.494 e. The molecule has 0 aliphatic heterocycles. The summed E-state index contributed by atoms with van der Waals surface area (Å²) in [6.07, 6.45) is 0. The van der Waals surface area contributed by atoms with Crippen molar-refractivity contribution >= 4 is 16.6 Å². The van der Waals surface area contributed by atoms with E-state index in [4.69, 9.17) is 10.5 Å². The predicted molar refractivity (Wildman–Crippen MR) is 57.4 cm³/mol. The molecule has 2 aromatic rings. The summed E-state index contributed by atoms with van der Waals surface area (Å²) in [5, 5.41) is 1.01. The minimum atomic E-state index is 0.714. The zero-order chi connectivity index (χ0) is 10.1. The summed E-state index contributed by atoms with van der Waals surface area (Å²) >= 11 is 0. The highest BCUT2D eigenvalue weighted by Gasteiger charge is 2.04. The molecule has 0 saturated heterocycles. The first kappa shape index (κ1) is 8.81. The highest BCUT2D eigenvalue weighted by molar-refractivity contribution is 5.87. The highest BCUT2D eigenvalue weighted by atomic mass is 16.5. The van der Waals surface area contributed by atoms with Gasteiger partial charge in [-0.1, -0.05) is 12.1 Å². The van der Waals surface area contributed by atoms with E-state index < -0.39 is 0 Å². The third-order valence-corrected chi connectivity index (χ3v) is 2.26. The standard InChI is InChI=1S/C11H12N2O/c1-7-9(12)6-8-4-3-5-10(14-2)11(8)13-7/h3-6H,12H2,1-2H3. The lowest BCUT2D eigenvalue weighted by Gasteiger charge is -2.06. The summed E-state index contributed by atoms with van der Waals surface area (Å²) < 4.78 is 5.22. The number of aromatic nitrogens is 1. The second-order valence-corrected chi connectivity index (χ2v) is 3.19. The lowest BCUT2D eigenvalue weighted by Crippen LogP contribution is -1.95. The number of para-hydroxylation sites is 1. The van der Waals surface area contributed by atoms with Crippen molar-refractivity contribution in [1.82, 2.24) is 4.98 Å². The summed E-state index contributed by atoms with van der Waals surface area (Å²) in [4.78, 5) is 4.40. The van der Waals surface area contributed by atoms with Gasteiger partial charge in [-0.25, -0.2) is 4.98 Å². The lowest BCUT2D eigenvalue weighted by molar-refractivity contribution is 0.419. The number of nitrogen functional groups attached to an aromatic ring is 1. The topological polar surface area (TPSA) is 48.1 Å². The Bertz CT molecular complexity index is 480. The molecule has 2 rings (SSSR count). The van der Waals surface area contributed by atoms with Gasteiger partial charge in [0.1, 0.15) is 11.3 Å². The zero-order valence-corrected chi connectivity index (χ0v) is 8.24. The molecule has 0 spiro atoms. The van der Waals surface area contributed by atoms with Gasteiger partial charge in [-0.15, -0.1) is 0 Å². The Kier molecular flexibility index (Phi) is 2.00. The normalized spacial score (nSPS) is 10.4. The van der Waals surface area contributed by atoms with Crippen LogP contribution in [0.2, 0.25) is 0 Å². The van der Waals surface area contributed by atoms with E-state index >= 15 is 0 Å². The number of fused-ring (bicyclic) bond motifs is 1. The summed E-state index contributed by atoms with van der Waals surface area (Å²) in [5.41, 5.74) is 8.19. The molecule has 0 aliphatic carbocycles. The number of rotatable bonds is 1. The van der Waals surface area contributed by atoms with E-state index in [2.05, 4.69) is 4.98 Å². The molecule has 1 aromatic carbocycles. The quantitative estimate of drug-likeness (QED) is 0.745. The fraction of sp³-hybridized carbons (Fsp3) is 0.182. The van der Waals surface area contributed by atoms with Crippen LogP contribution in [0.4, 0.5) is 5.69 Å². The first-order chi connectivity index (χ1) is 6.72. The van der Waals surface area contributed by atoms with Crippen LogP contribution in [0.15, 0.2) is 24.3 Å². The number of pyridine rings is 1. The van der Waals surface area contributed by atoms with E-state index in [9.17, 15) is 0 Å². The summed E-state index contributed by atoms with van der Waals surface area (Å²) in [7, 11) is 1.64. The second kappa shape index (κ2) is 3.18. The van der Waals surface area contributed by atoms with Crippen molar-refractivity contribution in [2.45, 2.75) is 6.92 Å². The van der Waals surface area contributed by atoms with Gasteiger partial charge in [-0.2, -0.15) is 0 Å². The fourth-order valence-electron chi connectivity index (χ4n) is 1.44. The molecular weight excluding hydrogens is 176 g/mol. The van der Waals surface area contributed by atoms with E-state index in [-0.39, 0.29) is 0 Å². The molecular formula is C11H12N2O. The van der Waals surface area contributed by atoms with Crippen LogP contribution < -0.4 is 10.5 Å². The molecule has 0 atom stereocenters. The smallest absolute Gasteiger partial charge is 0.145 e. The SMILES string of the molecule is COc1cccc2cc(N)c(C)nc12. The van der Waals surface area contributed by atoms with E-state index in [0.29, 0.717) is 5.69 Å². The maximum atomic E-state index is 5.77. The number of anilines is 1. The van der Waals surface area contributed by atoms with Gasteiger partial charge in [0.25, 0.3) is 0 Å². The molecule has 1 aromatic heterocycles. The number of benzene rings is 1. The van der Waals surface area contributed by atoms with Crippen LogP contribution in [0.25, 0.3) is 10.9 Å². The van der Waals surface area contributed by atoms with Gasteiger partial charge in [0.15, 0.2) is 0 Å². The Morgan fingerprint density at radius 2 is 2.14 bits per heavy atom. The van der Waals surface area contributed by atoms with Crippen LogP contribution in [0, 0.1) is 6.92 Å². The first-order valence-corrected chi connectivity index (χ1v) is 4.42. The molecule has 14 heavy (non-hydrogen) atoms. The molecule has 72 valence electrons. The molecule has 0 amide bonds. The average Bonchev–Trinajstić information content (AvgIpc) is 2.19. The monoisotopic (exact) mass is 188 g/mol. The predicted octanol–water partition coefficient (Wildman–Crippen LogP) is 2.13. The van der Waals surface area contributed by atoms with E-state index in [0.717, 1.165) is 22.3 Å². The molecule has 3 heteroatoms. The van der Waals surface area contributed by atoms with Crippen molar-refractivity contribution < 1.29 is 4.74 Å². The van der Waals surface area contributed by atoms with E-state index in [1.165, 1.54) is 0 Å². The summed E-state index contributed by atoms with van der Waals surface area (Å²) in [6.45, 7) is 1.89. The molecule has 0 bridgehead atoms. The van der Waals surface area contributed by atoms with Crippen molar-refractivity contribution in [2.75, 3.05) is 12.8 Å². The fourth-order valence-corrected chi connectivity index (χ4v) is 1.44. The largest absolute Gasteiger partial charge is 0.494 e. The molecule has 2 N–H and O–H groups in total. The number of aryl methyl sites for hydroxylation is 1. The second-order valence-electron chi connectivity index (χ2n) is 3.19. The Balaban J connectivity index is 2.81. The van der Waals surface area contributed by atoms with Gasteiger partial charge in [0.2, 0.25) is 0 Å². The van der Waals surface area contributed by atoms with Gasteiger partial charge in [0.05, 0.1) is 18.5 Å². The third-order valence-electron chi connectivity index (χ3n) is 2.26. The molecule has 0 radical (unpaired) electrons. The Hall–Kier alpha value is -1.77. The number of ether oxygens (including phenoxy) is 1. The Morgan fingerprint density at radius 1 is 1.36 bits per heavy atom. The van der Waals surface area contributed by atoms with Gasteiger partial charge in [0, 0.05) is 5.39 Å². The van der Waals surface area contributed by atoms with Crippen molar-refractivity contribution in [1.29, 1.82) is 0 Å². The Labute approximate surface area is 82.5 Å². The van der Waals surface area contributed by atoms with Crippen molar-refractivity contribution in [3.8, 4) is 5.75 Å². The number of hydrogen-bond acceptors (Lipinski definition) is 3. The summed E-state index contributed by atoms with van der Waals surface area (Å²) in [6, 6.07) is 7.71. The average molecular weight is 188 g/mol. The summed E-state index contributed by atoms with van der Waals surface area (Å²) in [5.74, 6) is 0.783. The Morgan fingerprint density at radius 3 is 2.86 bits per heavy atom. The van der Waals surface area contributed by atoms with Crippen LogP contribution in [-0.2, 0) is 0 Å². The molecule has 0 saturated carbocycles. The number of nitrogens with two attached hydrogens (primary N) is 1. The molecule has 0 aliphatic rings. The van der Waals surface area contributed by atoms with Crippen molar-refractivity contribution in [3.05, 3.63) is 30.0 Å². The van der Waals surface area contributed by atoms with Crippen LogP contribution >= 0.6 is 0 Å². The van der Waals surface area contributed by atoms with Crippen LogP contribution in [-0.4, -0.2) is 12.1 Å². The van der Waals surface area contributed by atoms with Crippen LogP contribution in [0.3, 0.4) is 0 Å². The maximum absolute atomic E-state index is 5.77. The minimum absolute atomic E-state index is 0.714. The van der Waals surface area contributed by atoms with Crippen molar-refractivity contribution in [3.63, 3.8) is 0 Å². The van der Waals surface area contributed by atoms with Gasteiger partial charge < -0.3 is 10.5 Å². The number of nitrogens with zero attached hydrogens (tertiary/aromatic N) is 1. The molecule has 1 heterocycles. The molecule has 3 nitrogen and oxygen atoms in total. The number of hydrogen-bond donors (Lipinski definition) is 1. The van der Waals surface area contributed by atoms with E-state index in [1.54, 1.807) is 7.11 Å². The van der Waals surface area contributed by atoms with Gasteiger partial charge >= 0.3 is 0 Å². The van der Waals surface area contributed by atoms with Crippen LogP contribution in [0.5, 0.6) is 5.75 Å². The van der Waals surface area contributed by atoms with Gasteiger partial charge in [-0.3, -0.25) is 0 Å². The lowest BCUT2D eigenvalue weighted by atomic mass is 10.1. The maximum Gasteiger partial charge on any atom is 0.145 e. The highest BCUT2D eigenvalue weighted by Crippen LogP contribution is 2.25. The molecule has 0 unspecified atom stereocenters. The van der Waals surface area contributed by atoms with E-state index in [1.807, 2.05) is 31.2 Å².